The van der Waals surface area contributed by atoms with E-state index in [1.807, 2.05) is 6.07 Å². The first-order valence-electron chi connectivity index (χ1n) is 9.71. The number of aryl methyl sites for hydroxylation is 1. The number of aromatic amines is 1. The van der Waals surface area contributed by atoms with E-state index < -0.39 is 0 Å². The number of Topliss-reactive ketones (excluding diaryl/α,β-unsaturated/α-hetero) is 1. The number of ketones is 1. The Labute approximate surface area is 193 Å². The minimum atomic E-state index is -0.218. The van der Waals surface area contributed by atoms with Crippen molar-refractivity contribution in [1.82, 2.24) is 15.0 Å². The summed E-state index contributed by atoms with van der Waals surface area (Å²) in [5, 5.41) is 11.5. The smallest absolute Gasteiger partial charge is 0.258 e. The van der Waals surface area contributed by atoms with Crippen molar-refractivity contribution < 1.29 is 4.79 Å². The van der Waals surface area contributed by atoms with Gasteiger partial charge < -0.3 is 4.98 Å². The standard InChI is InChI=1S/C24H17ClN4O2S/c1-13-21(14(2)30)22(15-7-9-16(25)10-8-15)18(11-26)24(27-13)32-12-20-28-19-6-4-3-5-17(19)23(31)29-20/h3-10H,12H2,1-2H3,(H,28,29,31). The van der Waals surface area contributed by atoms with Crippen LogP contribution in [-0.2, 0) is 5.75 Å². The molecule has 0 saturated heterocycles. The minimum absolute atomic E-state index is 0.173. The van der Waals surface area contributed by atoms with Gasteiger partial charge in [0.05, 0.1) is 27.9 Å². The lowest BCUT2D eigenvalue weighted by atomic mass is 9.93. The lowest BCUT2D eigenvalue weighted by molar-refractivity contribution is 0.101. The summed E-state index contributed by atoms with van der Waals surface area (Å²) in [5.74, 6) is 0.611. The largest absolute Gasteiger partial charge is 0.309 e. The van der Waals surface area contributed by atoms with Crippen LogP contribution >= 0.6 is 23.4 Å². The molecule has 0 aliphatic rings. The van der Waals surface area contributed by atoms with Gasteiger partial charge in [0.2, 0.25) is 0 Å². The zero-order valence-electron chi connectivity index (χ0n) is 17.3. The first-order chi connectivity index (χ1) is 15.4. The van der Waals surface area contributed by atoms with E-state index in [9.17, 15) is 14.9 Å². The lowest BCUT2D eigenvalue weighted by Crippen LogP contribution is -2.11. The van der Waals surface area contributed by atoms with E-state index >= 15 is 0 Å². The number of H-pyrrole nitrogens is 1. The van der Waals surface area contributed by atoms with Crippen molar-refractivity contribution >= 4 is 40.0 Å². The van der Waals surface area contributed by atoms with Crippen LogP contribution in [0.15, 0.2) is 58.4 Å². The molecule has 0 amide bonds. The maximum atomic E-state index is 12.4. The van der Waals surface area contributed by atoms with Crippen LogP contribution in [-0.4, -0.2) is 20.7 Å². The second kappa shape index (κ2) is 8.95. The Balaban J connectivity index is 1.80. The van der Waals surface area contributed by atoms with Crippen molar-refractivity contribution in [2.24, 2.45) is 0 Å². The van der Waals surface area contributed by atoms with E-state index in [0.29, 0.717) is 60.5 Å². The van der Waals surface area contributed by atoms with Crippen LogP contribution in [0, 0.1) is 18.3 Å². The van der Waals surface area contributed by atoms with Crippen molar-refractivity contribution in [3.8, 4) is 17.2 Å². The molecule has 0 radical (unpaired) electrons. The van der Waals surface area contributed by atoms with Crippen molar-refractivity contribution in [3.63, 3.8) is 0 Å². The van der Waals surface area contributed by atoms with E-state index in [0.717, 1.165) is 0 Å². The van der Waals surface area contributed by atoms with Gasteiger partial charge in [-0.2, -0.15) is 5.26 Å². The number of benzene rings is 2. The first kappa shape index (κ1) is 21.8. The summed E-state index contributed by atoms with van der Waals surface area (Å²) in [4.78, 5) is 36.6. The highest BCUT2D eigenvalue weighted by Gasteiger charge is 2.22. The van der Waals surface area contributed by atoms with Gasteiger partial charge in [0.1, 0.15) is 16.9 Å². The molecule has 0 unspecified atom stereocenters. The van der Waals surface area contributed by atoms with Gasteiger partial charge >= 0.3 is 0 Å². The Morgan fingerprint density at radius 1 is 1.16 bits per heavy atom. The van der Waals surface area contributed by atoms with Crippen LogP contribution in [0.5, 0.6) is 0 Å². The van der Waals surface area contributed by atoms with Crippen LogP contribution in [0.3, 0.4) is 0 Å². The molecule has 0 aliphatic carbocycles. The number of carbonyl (C=O) groups is 1. The molecule has 2 aromatic heterocycles. The molecule has 0 fully saturated rings. The number of hydrogen-bond acceptors (Lipinski definition) is 6. The van der Waals surface area contributed by atoms with Crippen LogP contribution < -0.4 is 5.56 Å². The van der Waals surface area contributed by atoms with Gasteiger partial charge in [-0.3, -0.25) is 9.59 Å². The summed E-state index contributed by atoms with van der Waals surface area (Å²) in [5.41, 5.74) is 2.87. The van der Waals surface area contributed by atoms with Gasteiger partial charge in [-0.1, -0.05) is 47.6 Å². The van der Waals surface area contributed by atoms with E-state index in [1.165, 1.54) is 18.7 Å². The number of nitrogens with zero attached hydrogens (tertiary/aromatic N) is 3. The molecule has 0 saturated carbocycles. The summed E-state index contributed by atoms with van der Waals surface area (Å²) < 4.78 is 0. The average Bonchev–Trinajstić information content (AvgIpc) is 2.77. The molecule has 4 aromatic rings. The lowest BCUT2D eigenvalue weighted by Gasteiger charge is -2.15. The van der Waals surface area contributed by atoms with E-state index in [-0.39, 0.29) is 11.3 Å². The molecule has 0 aliphatic heterocycles. The molecule has 158 valence electrons. The van der Waals surface area contributed by atoms with Crippen LogP contribution in [0.4, 0.5) is 0 Å². The molecule has 2 aromatic carbocycles. The molecule has 0 atom stereocenters. The third-order valence-corrected chi connectivity index (χ3v) is 6.19. The third kappa shape index (κ3) is 4.15. The predicted molar refractivity (Wildman–Crippen MR) is 126 cm³/mol. The quantitative estimate of drug-likeness (QED) is 0.320. The molecule has 2 heterocycles. The summed E-state index contributed by atoms with van der Waals surface area (Å²) in [6.07, 6.45) is 0. The van der Waals surface area contributed by atoms with Crippen LogP contribution in [0.1, 0.15) is 34.4 Å². The SMILES string of the molecule is CC(=O)c1c(C)nc(SCc2nc3ccccc3c(=O)[nH]2)c(C#N)c1-c1ccc(Cl)cc1. The van der Waals surface area contributed by atoms with Gasteiger partial charge in [-0.05, 0) is 43.7 Å². The first-order valence-corrected chi connectivity index (χ1v) is 11.1. The number of fused-ring (bicyclic) bond motifs is 1. The monoisotopic (exact) mass is 460 g/mol. The number of carbonyl (C=O) groups excluding carboxylic acids is 1. The average molecular weight is 461 g/mol. The maximum absolute atomic E-state index is 12.4. The highest BCUT2D eigenvalue weighted by molar-refractivity contribution is 7.98. The minimum Gasteiger partial charge on any atom is -0.309 e. The number of para-hydroxylation sites is 1. The second-order valence-electron chi connectivity index (χ2n) is 7.12. The fourth-order valence-corrected chi connectivity index (χ4v) is 4.59. The van der Waals surface area contributed by atoms with Crippen molar-refractivity contribution in [3.05, 3.63) is 86.6 Å². The van der Waals surface area contributed by atoms with Crippen LogP contribution in [0.25, 0.3) is 22.0 Å². The zero-order valence-corrected chi connectivity index (χ0v) is 18.8. The Morgan fingerprint density at radius 3 is 2.56 bits per heavy atom. The van der Waals surface area contributed by atoms with Crippen molar-refractivity contribution in [2.45, 2.75) is 24.6 Å². The predicted octanol–water partition coefficient (Wildman–Crippen LogP) is 5.31. The van der Waals surface area contributed by atoms with Gasteiger partial charge in [0, 0.05) is 16.1 Å². The Kier molecular flexibility index (Phi) is 6.08. The number of aromatic nitrogens is 3. The Bertz CT molecular complexity index is 1460. The topological polar surface area (TPSA) is 99.5 Å². The fraction of sp³-hybridized carbons (Fsp3) is 0.125. The summed E-state index contributed by atoms with van der Waals surface area (Å²) in [7, 11) is 0. The highest BCUT2D eigenvalue weighted by atomic mass is 35.5. The molecule has 0 bridgehead atoms. The molecule has 8 heteroatoms. The summed E-state index contributed by atoms with van der Waals surface area (Å²) in [6.45, 7) is 3.21. The Hall–Kier alpha value is -3.47. The number of nitriles is 1. The number of nitrogens with one attached hydrogen (secondary N) is 1. The molecule has 6 nitrogen and oxygen atoms in total. The van der Waals surface area contributed by atoms with E-state index in [4.69, 9.17) is 11.6 Å². The zero-order chi connectivity index (χ0) is 22.8. The Morgan fingerprint density at radius 2 is 1.88 bits per heavy atom. The van der Waals surface area contributed by atoms with E-state index in [1.54, 1.807) is 49.4 Å². The highest BCUT2D eigenvalue weighted by Crippen LogP contribution is 2.36. The maximum Gasteiger partial charge on any atom is 0.258 e. The third-order valence-electron chi connectivity index (χ3n) is 4.95. The summed E-state index contributed by atoms with van der Waals surface area (Å²) in [6, 6.07) is 16.3. The molecule has 4 rings (SSSR count). The van der Waals surface area contributed by atoms with Crippen LogP contribution in [0.2, 0.25) is 5.02 Å². The number of halogens is 1. The molecular formula is C24H17ClN4O2S. The van der Waals surface area contributed by atoms with E-state index in [2.05, 4.69) is 21.0 Å². The molecular weight excluding hydrogens is 444 g/mol. The van der Waals surface area contributed by atoms with Gasteiger partial charge in [0.25, 0.3) is 5.56 Å². The van der Waals surface area contributed by atoms with Gasteiger partial charge in [0.15, 0.2) is 5.78 Å². The van der Waals surface area contributed by atoms with Crippen molar-refractivity contribution in [2.75, 3.05) is 0 Å². The number of hydrogen-bond donors (Lipinski definition) is 1. The van der Waals surface area contributed by atoms with Crippen molar-refractivity contribution in [1.29, 1.82) is 5.26 Å². The van der Waals surface area contributed by atoms with Gasteiger partial charge in [-0.15, -0.1) is 0 Å². The number of rotatable bonds is 5. The number of thioether (sulfide) groups is 1. The fourth-order valence-electron chi connectivity index (χ4n) is 3.56. The molecule has 0 spiro atoms. The molecule has 1 N–H and O–H groups in total. The molecule has 32 heavy (non-hydrogen) atoms. The summed E-state index contributed by atoms with van der Waals surface area (Å²) >= 11 is 7.31. The number of pyridine rings is 1. The second-order valence-corrected chi connectivity index (χ2v) is 8.52. The van der Waals surface area contributed by atoms with Gasteiger partial charge in [-0.25, -0.2) is 9.97 Å². The normalized spacial score (nSPS) is 10.8.